The third-order valence-corrected chi connectivity index (χ3v) is 3.76. The van der Waals surface area contributed by atoms with Crippen LogP contribution in [0, 0.1) is 10.1 Å². The highest BCUT2D eigenvalue weighted by Gasteiger charge is 2.14. The average molecular weight is 405 g/mol. The van der Waals surface area contributed by atoms with Crippen LogP contribution in [0.5, 0.6) is 0 Å². The fourth-order valence-electron chi connectivity index (χ4n) is 2.20. The molecule has 0 aliphatic heterocycles. The van der Waals surface area contributed by atoms with Crippen molar-refractivity contribution in [2.45, 2.75) is 13.0 Å². The normalized spacial score (nSPS) is 11.2. The van der Waals surface area contributed by atoms with Gasteiger partial charge in [0, 0.05) is 31.4 Å². The lowest BCUT2D eigenvalue weighted by molar-refractivity contribution is -0.385. The summed E-state index contributed by atoms with van der Waals surface area (Å²) in [5, 5.41) is 26.8. The van der Waals surface area contributed by atoms with E-state index in [9.17, 15) is 10.1 Å². The molecule has 0 radical (unpaired) electrons. The fraction of sp³-hybridized carbons (Fsp3) is 0.154. The zero-order valence-electron chi connectivity index (χ0n) is 12.5. The quantitative estimate of drug-likeness (QED) is 0.364. The molecular formula is C13H9BrN8O3. The van der Waals surface area contributed by atoms with Crippen LogP contribution in [-0.2, 0) is 13.0 Å². The predicted molar refractivity (Wildman–Crippen MR) is 86.6 cm³/mol. The van der Waals surface area contributed by atoms with Crippen LogP contribution in [-0.4, -0.2) is 39.5 Å². The summed E-state index contributed by atoms with van der Waals surface area (Å²) in [5.41, 5.74) is 1.11. The lowest BCUT2D eigenvalue weighted by Crippen LogP contribution is -2.01. The van der Waals surface area contributed by atoms with Gasteiger partial charge in [0.15, 0.2) is 11.3 Å². The summed E-state index contributed by atoms with van der Waals surface area (Å²) in [6.07, 6.45) is 6.38. The number of aromatic nitrogens is 7. The maximum absolute atomic E-state index is 10.6. The highest BCUT2D eigenvalue weighted by atomic mass is 79.9. The molecule has 12 heteroatoms. The van der Waals surface area contributed by atoms with Gasteiger partial charge in [-0.15, -0.1) is 10.2 Å². The number of nitrogens with zero attached hydrogens (tertiary/aromatic N) is 8. The number of rotatable bonds is 5. The number of nitro groups is 1. The first-order valence-corrected chi connectivity index (χ1v) is 7.88. The van der Waals surface area contributed by atoms with Crippen molar-refractivity contribution in [3.63, 3.8) is 0 Å². The summed E-state index contributed by atoms with van der Waals surface area (Å²) in [6, 6.07) is 1.74. The second-order valence-electron chi connectivity index (χ2n) is 5.07. The molecule has 0 aromatic carbocycles. The van der Waals surface area contributed by atoms with Gasteiger partial charge in [0.2, 0.25) is 5.89 Å². The van der Waals surface area contributed by atoms with Crippen LogP contribution >= 0.6 is 15.9 Å². The molecule has 11 nitrogen and oxygen atoms in total. The Kier molecular flexibility index (Phi) is 3.72. The molecule has 4 heterocycles. The van der Waals surface area contributed by atoms with Gasteiger partial charge in [-0.2, -0.15) is 10.2 Å². The van der Waals surface area contributed by atoms with Crippen LogP contribution in [0.3, 0.4) is 0 Å². The maximum atomic E-state index is 10.6. The van der Waals surface area contributed by atoms with E-state index in [4.69, 9.17) is 4.42 Å². The summed E-state index contributed by atoms with van der Waals surface area (Å²) < 4.78 is 9.45. The van der Waals surface area contributed by atoms with E-state index in [1.165, 1.54) is 17.1 Å². The first kappa shape index (κ1) is 15.4. The Bertz CT molecular complexity index is 1070. The molecule has 4 aromatic rings. The third-order valence-electron chi connectivity index (χ3n) is 3.35. The molecule has 0 saturated carbocycles. The van der Waals surface area contributed by atoms with Gasteiger partial charge in [-0.3, -0.25) is 14.8 Å². The summed E-state index contributed by atoms with van der Waals surface area (Å²) in [6.45, 7) is 0.384. The molecule has 0 fully saturated rings. The molecule has 0 aliphatic carbocycles. The minimum atomic E-state index is -0.496. The van der Waals surface area contributed by atoms with Crippen LogP contribution in [0.4, 0.5) is 5.69 Å². The van der Waals surface area contributed by atoms with Gasteiger partial charge in [0.05, 0.1) is 9.40 Å². The lowest BCUT2D eigenvalue weighted by atomic mass is 10.4. The van der Waals surface area contributed by atoms with E-state index in [0.29, 0.717) is 30.2 Å². The topological polar surface area (TPSA) is 130 Å². The number of fused-ring (bicyclic) bond motifs is 1. The van der Waals surface area contributed by atoms with Crippen LogP contribution in [0.15, 0.2) is 39.7 Å². The zero-order chi connectivity index (χ0) is 17.4. The van der Waals surface area contributed by atoms with Crippen LogP contribution < -0.4 is 0 Å². The molecule has 0 atom stereocenters. The van der Waals surface area contributed by atoms with E-state index in [-0.39, 0.29) is 11.6 Å². The van der Waals surface area contributed by atoms with Crippen molar-refractivity contribution >= 4 is 27.3 Å². The second kappa shape index (κ2) is 6.05. The first-order valence-electron chi connectivity index (χ1n) is 7.09. The number of halogens is 1. The van der Waals surface area contributed by atoms with Crippen LogP contribution in [0.25, 0.3) is 17.2 Å². The van der Waals surface area contributed by atoms with Gasteiger partial charge in [0.1, 0.15) is 12.4 Å². The highest BCUT2D eigenvalue weighted by Crippen LogP contribution is 2.19. The van der Waals surface area contributed by atoms with Gasteiger partial charge < -0.3 is 4.42 Å². The number of aryl methyl sites for hydroxylation is 2. The van der Waals surface area contributed by atoms with E-state index in [0.717, 1.165) is 4.47 Å². The van der Waals surface area contributed by atoms with E-state index in [2.05, 4.69) is 41.3 Å². The van der Waals surface area contributed by atoms with Gasteiger partial charge in [-0.25, -0.2) is 9.50 Å². The Labute approximate surface area is 147 Å². The fourth-order valence-corrected chi connectivity index (χ4v) is 2.49. The van der Waals surface area contributed by atoms with Gasteiger partial charge >= 0.3 is 5.69 Å². The van der Waals surface area contributed by atoms with Crippen molar-refractivity contribution < 1.29 is 9.34 Å². The molecule has 4 rings (SSSR count). The summed E-state index contributed by atoms with van der Waals surface area (Å²) in [4.78, 5) is 14.4. The maximum Gasteiger partial charge on any atom is 0.306 e. The summed E-state index contributed by atoms with van der Waals surface area (Å²) >= 11 is 3.33. The Balaban J connectivity index is 1.49. The first-order chi connectivity index (χ1) is 12.1. The average Bonchev–Trinajstić information content (AvgIpc) is 3.31. The van der Waals surface area contributed by atoms with Crippen molar-refractivity contribution in [2.75, 3.05) is 0 Å². The molecule has 0 unspecified atom stereocenters. The molecule has 0 N–H and O–H groups in total. The minimum absolute atomic E-state index is 0.0606. The minimum Gasteiger partial charge on any atom is -0.419 e. The Morgan fingerprint density at radius 2 is 2.16 bits per heavy atom. The van der Waals surface area contributed by atoms with Crippen molar-refractivity contribution in [1.29, 1.82) is 0 Å². The zero-order valence-corrected chi connectivity index (χ0v) is 14.1. The number of hydrogen-bond donors (Lipinski definition) is 0. The summed E-state index contributed by atoms with van der Waals surface area (Å²) in [7, 11) is 0. The van der Waals surface area contributed by atoms with Gasteiger partial charge in [0.25, 0.3) is 5.89 Å². The largest absolute Gasteiger partial charge is 0.419 e. The molecule has 4 aromatic heterocycles. The molecule has 126 valence electrons. The van der Waals surface area contributed by atoms with Crippen molar-refractivity contribution in [2.24, 2.45) is 0 Å². The smallest absolute Gasteiger partial charge is 0.306 e. The van der Waals surface area contributed by atoms with Crippen molar-refractivity contribution in [3.8, 4) is 11.6 Å². The Hall–Kier alpha value is -3.15. The molecule has 0 aliphatic rings. The lowest BCUT2D eigenvalue weighted by Gasteiger charge is -1.95. The number of hydrogen-bond acceptors (Lipinski definition) is 8. The monoisotopic (exact) mass is 404 g/mol. The predicted octanol–water partition coefficient (Wildman–Crippen LogP) is 1.89. The Morgan fingerprint density at radius 1 is 1.28 bits per heavy atom. The van der Waals surface area contributed by atoms with Gasteiger partial charge in [-0.1, -0.05) is 0 Å². The summed E-state index contributed by atoms with van der Waals surface area (Å²) in [5.74, 6) is 0.669. The molecule has 25 heavy (non-hydrogen) atoms. The molecule has 0 bridgehead atoms. The molecule has 0 spiro atoms. The third kappa shape index (κ3) is 3.10. The van der Waals surface area contributed by atoms with Crippen molar-refractivity contribution in [3.05, 3.63) is 51.3 Å². The molecular weight excluding hydrogens is 396 g/mol. The highest BCUT2D eigenvalue weighted by molar-refractivity contribution is 9.10. The SMILES string of the molecule is O=[N+]([O-])c1cnn(CCc2nnc(-c3cc4ncc(Br)cn4n3)o2)c1. The molecule has 0 amide bonds. The van der Waals surface area contributed by atoms with E-state index in [1.54, 1.807) is 23.0 Å². The van der Waals surface area contributed by atoms with Gasteiger partial charge in [-0.05, 0) is 15.9 Å². The Morgan fingerprint density at radius 3 is 2.96 bits per heavy atom. The van der Waals surface area contributed by atoms with Crippen LogP contribution in [0.2, 0.25) is 0 Å². The van der Waals surface area contributed by atoms with Crippen LogP contribution in [0.1, 0.15) is 5.89 Å². The van der Waals surface area contributed by atoms with E-state index < -0.39 is 4.92 Å². The molecule has 0 saturated heterocycles. The van der Waals surface area contributed by atoms with E-state index >= 15 is 0 Å². The standard InChI is InChI=1S/C13H9BrN8O3/c14-8-4-15-11-3-10(19-21(11)6-8)13-18-17-12(25-13)1-2-20-7-9(5-16-20)22(23)24/h3-7H,1-2H2. The van der Waals surface area contributed by atoms with E-state index in [1.807, 2.05) is 0 Å². The second-order valence-corrected chi connectivity index (χ2v) is 5.99. The van der Waals surface area contributed by atoms with Crippen molar-refractivity contribution in [1.82, 2.24) is 34.6 Å².